The van der Waals surface area contributed by atoms with E-state index in [1.54, 1.807) is 11.3 Å². The van der Waals surface area contributed by atoms with Gasteiger partial charge >= 0.3 is 0 Å². The maximum absolute atomic E-state index is 12.9. The van der Waals surface area contributed by atoms with Crippen molar-refractivity contribution in [2.75, 3.05) is 33.7 Å². The fourth-order valence-electron chi connectivity index (χ4n) is 4.86. The molecule has 1 aliphatic heterocycles. The largest absolute Gasteiger partial charge is 0.483 e. The number of pyridine rings is 1. The van der Waals surface area contributed by atoms with Crippen LogP contribution in [0.3, 0.4) is 0 Å². The fourth-order valence-corrected chi connectivity index (χ4v) is 6.04. The molecule has 1 amide bonds. The van der Waals surface area contributed by atoms with Gasteiger partial charge in [-0.15, -0.1) is 11.3 Å². The summed E-state index contributed by atoms with van der Waals surface area (Å²) in [5.74, 6) is -0.126. The number of amides is 1. The lowest BCUT2D eigenvalue weighted by Gasteiger charge is -2.35. The van der Waals surface area contributed by atoms with Crippen molar-refractivity contribution in [2.45, 2.75) is 66.0 Å². The van der Waals surface area contributed by atoms with Gasteiger partial charge in [0.15, 0.2) is 0 Å². The number of aromatic amines is 1. The van der Waals surface area contributed by atoms with E-state index in [-0.39, 0.29) is 24.5 Å². The number of aromatic nitrogens is 1. The highest BCUT2D eigenvalue weighted by Gasteiger charge is 2.21. The lowest BCUT2D eigenvalue weighted by molar-refractivity contribution is -0.122. The summed E-state index contributed by atoms with van der Waals surface area (Å²) in [4.78, 5) is 42.5. The first-order valence-corrected chi connectivity index (χ1v) is 13.7. The number of piperidine rings is 1. The van der Waals surface area contributed by atoms with Gasteiger partial charge in [0.2, 0.25) is 0 Å². The van der Waals surface area contributed by atoms with E-state index in [9.17, 15) is 9.59 Å². The maximum atomic E-state index is 12.9. The van der Waals surface area contributed by atoms with Crippen LogP contribution in [0.15, 0.2) is 22.3 Å². The standard InChI is InChI=1S/C27H40N4O2S.CH2O2/c1-7-21(9-8-12-31-13-10-22(11-14-31)30(5)6)25-20(4)24(17-34-25)26(32)28-16-23-18(2)15-19(3)29-27(23)33;2-1-3/h7,15,17,22H,8-14,16H2,1-6H3,(H,28,32)(H,29,33);1H,(H,2,3)/b21-7-;. The molecule has 1 aliphatic rings. The van der Waals surface area contributed by atoms with Gasteiger partial charge in [-0.3, -0.25) is 14.4 Å². The van der Waals surface area contributed by atoms with Crippen LogP contribution in [-0.4, -0.2) is 72.0 Å². The van der Waals surface area contributed by atoms with E-state index in [1.165, 1.54) is 36.4 Å². The first-order chi connectivity index (χ1) is 17.6. The Morgan fingerprint density at radius 2 is 1.92 bits per heavy atom. The van der Waals surface area contributed by atoms with Crippen LogP contribution in [0.5, 0.6) is 0 Å². The van der Waals surface area contributed by atoms with Crippen LogP contribution in [0.25, 0.3) is 5.57 Å². The summed E-state index contributed by atoms with van der Waals surface area (Å²) in [6.07, 6.45) is 6.83. The third-order valence-corrected chi connectivity index (χ3v) is 8.21. The Bertz CT molecular complexity index is 1130. The highest BCUT2D eigenvalue weighted by Crippen LogP contribution is 2.31. The molecule has 0 unspecified atom stereocenters. The first-order valence-electron chi connectivity index (χ1n) is 12.8. The summed E-state index contributed by atoms with van der Waals surface area (Å²) in [5, 5.41) is 11.8. The molecule has 37 heavy (non-hydrogen) atoms. The Labute approximate surface area is 224 Å². The van der Waals surface area contributed by atoms with Crippen LogP contribution in [0, 0.1) is 20.8 Å². The number of carbonyl (C=O) groups is 2. The second-order valence-electron chi connectivity index (χ2n) is 9.79. The smallest absolute Gasteiger partial charge is 0.290 e. The molecule has 0 aliphatic carbocycles. The monoisotopic (exact) mass is 530 g/mol. The molecular weight excluding hydrogens is 488 g/mol. The number of hydrogen-bond acceptors (Lipinski definition) is 6. The van der Waals surface area contributed by atoms with Crippen molar-refractivity contribution in [1.82, 2.24) is 20.1 Å². The molecule has 204 valence electrons. The summed E-state index contributed by atoms with van der Waals surface area (Å²) >= 11 is 1.64. The van der Waals surface area contributed by atoms with Gasteiger partial charge in [-0.2, -0.15) is 0 Å². The zero-order valence-electron chi connectivity index (χ0n) is 23.0. The van der Waals surface area contributed by atoms with Crippen LogP contribution in [0.2, 0.25) is 0 Å². The molecule has 3 heterocycles. The maximum Gasteiger partial charge on any atom is 0.290 e. The SMILES string of the molecule is C/C=C(/CCCN1CCC(N(C)C)CC1)c1scc(C(=O)NCc2c(C)cc(C)[nH]c2=O)c1C.O=CO. The number of hydrogen-bond donors (Lipinski definition) is 3. The Balaban J connectivity index is 0.00000153. The molecule has 8 nitrogen and oxygen atoms in total. The molecule has 0 spiro atoms. The summed E-state index contributed by atoms with van der Waals surface area (Å²) < 4.78 is 0. The van der Waals surface area contributed by atoms with E-state index in [0.29, 0.717) is 17.2 Å². The predicted octanol–water partition coefficient (Wildman–Crippen LogP) is 4.20. The average Bonchev–Trinajstić information content (AvgIpc) is 3.23. The van der Waals surface area contributed by atoms with Crippen molar-refractivity contribution in [1.29, 1.82) is 0 Å². The number of aryl methyl sites for hydroxylation is 2. The van der Waals surface area contributed by atoms with Crippen LogP contribution in [-0.2, 0) is 11.3 Å². The summed E-state index contributed by atoms with van der Waals surface area (Å²) in [7, 11) is 4.36. The van der Waals surface area contributed by atoms with E-state index in [2.05, 4.69) is 47.2 Å². The molecule has 2 aromatic heterocycles. The molecule has 1 saturated heterocycles. The van der Waals surface area contributed by atoms with E-state index >= 15 is 0 Å². The molecule has 0 radical (unpaired) electrons. The molecule has 0 atom stereocenters. The van der Waals surface area contributed by atoms with Crippen molar-refractivity contribution < 1.29 is 14.7 Å². The highest BCUT2D eigenvalue weighted by molar-refractivity contribution is 7.11. The second-order valence-corrected chi connectivity index (χ2v) is 10.7. The van der Waals surface area contributed by atoms with Crippen LogP contribution in [0.4, 0.5) is 0 Å². The molecule has 0 saturated carbocycles. The lowest BCUT2D eigenvalue weighted by Crippen LogP contribution is -2.42. The average molecular weight is 531 g/mol. The number of thiophene rings is 1. The van der Waals surface area contributed by atoms with Gasteiger partial charge in [-0.25, -0.2) is 0 Å². The molecular formula is C28H42N4O4S. The molecule has 9 heteroatoms. The number of carboxylic acid groups (broad SMARTS) is 1. The normalized spacial score (nSPS) is 14.8. The zero-order valence-corrected chi connectivity index (χ0v) is 23.8. The number of nitrogens with zero attached hydrogens (tertiary/aromatic N) is 2. The Morgan fingerprint density at radius 3 is 2.49 bits per heavy atom. The van der Waals surface area contributed by atoms with E-state index in [1.807, 2.05) is 32.2 Å². The van der Waals surface area contributed by atoms with Crippen molar-refractivity contribution in [3.63, 3.8) is 0 Å². The van der Waals surface area contributed by atoms with Crippen LogP contribution >= 0.6 is 11.3 Å². The van der Waals surface area contributed by atoms with Crippen molar-refractivity contribution >= 4 is 29.3 Å². The zero-order chi connectivity index (χ0) is 27.5. The van der Waals surface area contributed by atoms with Gasteiger partial charge in [-0.05, 0) is 110 Å². The Hall–Kier alpha value is -2.75. The van der Waals surface area contributed by atoms with Crippen LogP contribution in [0.1, 0.15) is 70.2 Å². The van der Waals surface area contributed by atoms with E-state index in [0.717, 1.165) is 36.2 Å². The number of carbonyl (C=O) groups excluding carboxylic acids is 1. The number of H-pyrrole nitrogens is 1. The minimum Gasteiger partial charge on any atom is -0.483 e. The van der Waals surface area contributed by atoms with Gasteiger partial charge in [0.1, 0.15) is 0 Å². The van der Waals surface area contributed by atoms with Crippen molar-refractivity contribution in [3.05, 3.63) is 60.7 Å². The molecule has 3 rings (SSSR count). The second kappa shape index (κ2) is 14.9. The third-order valence-electron chi connectivity index (χ3n) is 7.05. The van der Waals surface area contributed by atoms with Crippen molar-refractivity contribution in [2.24, 2.45) is 0 Å². The minimum absolute atomic E-state index is 0.126. The van der Waals surface area contributed by atoms with E-state index in [4.69, 9.17) is 9.90 Å². The minimum atomic E-state index is -0.250. The Kier molecular flexibility index (Phi) is 12.2. The first kappa shape index (κ1) is 30.5. The van der Waals surface area contributed by atoms with Gasteiger partial charge in [0.05, 0.1) is 5.56 Å². The number of allylic oxidation sites excluding steroid dienone is 2. The summed E-state index contributed by atoms with van der Waals surface area (Å²) in [5.41, 5.74) is 5.23. The van der Waals surface area contributed by atoms with E-state index < -0.39 is 0 Å². The molecule has 3 N–H and O–H groups in total. The fraction of sp³-hybridized carbons (Fsp3) is 0.536. The topological polar surface area (TPSA) is 106 Å². The van der Waals surface area contributed by atoms with Gasteiger partial charge in [0, 0.05) is 34.1 Å². The number of likely N-dealkylation sites (tertiary alicyclic amines) is 1. The summed E-state index contributed by atoms with van der Waals surface area (Å²) in [6.45, 7) is 11.3. The highest BCUT2D eigenvalue weighted by atomic mass is 32.1. The van der Waals surface area contributed by atoms with Crippen LogP contribution < -0.4 is 10.9 Å². The van der Waals surface area contributed by atoms with Gasteiger partial charge < -0.3 is 25.2 Å². The molecule has 0 bridgehead atoms. The predicted molar refractivity (Wildman–Crippen MR) is 151 cm³/mol. The quantitative estimate of drug-likeness (QED) is 0.420. The third kappa shape index (κ3) is 8.66. The van der Waals surface area contributed by atoms with Gasteiger partial charge in [0.25, 0.3) is 17.9 Å². The lowest BCUT2D eigenvalue weighted by atomic mass is 10.0. The number of nitrogens with one attached hydrogen (secondary N) is 2. The summed E-state index contributed by atoms with van der Waals surface area (Å²) in [6, 6.07) is 2.65. The number of rotatable bonds is 9. The molecule has 0 aromatic carbocycles. The molecule has 2 aromatic rings. The molecule has 1 fully saturated rings. The van der Waals surface area contributed by atoms with Crippen molar-refractivity contribution in [3.8, 4) is 0 Å². The van der Waals surface area contributed by atoms with Gasteiger partial charge in [-0.1, -0.05) is 6.08 Å². The Morgan fingerprint density at radius 1 is 1.27 bits per heavy atom.